The third kappa shape index (κ3) is 20.3. The monoisotopic (exact) mass is 1620 g/mol. The Labute approximate surface area is 629 Å². The van der Waals surface area contributed by atoms with E-state index in [-0.39, 0.29) is 0 Å². The zero-order valence-corrected chi connectivity index (χ0v) is 59.9. The summed E-state index contributed by atoms with van der Waals surface area (Å²) in [6.07, 6.45) is -83.4. The molecule has 0 aromatic rings. The molecule has 45 atom stereocenters. The van der Waals surface area contributed by atoms with Gasteiger partial charge in [0.1, 0.15) is 213 Å². The molecule has 9 rings (SSSR count). The van der Waals surface area contributed by atoms with E-state index in [4.69, 9.17) is 80.5 Å². The molecule has 0 saturated carbocycles. The quantitative estimate of drug-likeness (QED) is 0.0346. The fraction of sp³-hybridized carbons (Fsp3) is 0.935. The molecule has 111 heavy (non-hydrogen) atoms. The van der Waals surface area contributed by atoms with E-state index in [1.165, 1.54) is 6.92 Å². The van der Waals surface area contributed by atoms with Gasteiger partial charge in [-0.15, -0.1) is 0 Å². The standard InChI is InChI=1S/C62H104N4O45/c1-14-31(77)41(87)45(91)58(97-14)95-13-26-50(38(84)27(54(94)98-26)63-15(2)73)106-56-29(65-17(4)75)39(85)49(24(11-72)103-56)108-60-47(93)51(36(82)25(105-60)12-96-61-52(43(89)34(80)21(8-69)101-61)110-55-28(64-16(3)74)37(83)32(78)19(6-67)99-55)109-62-53(44(90)35(81)22(9-70)102-62)111-57-30(66-18(5)76)40(86)48(23(10-71)104-57)107-59-46(92)42(88)33(79)20(7-68)100-59/h14,19-62,67-72,77-94H,6-13H2,1-5H3,(H,63,73)(H,64,74)(H,65,75)(H,66,76)/t14-,19-,20-,21-,22+,23+,24-,25-,26+,27+,28-,29-,30+,31+,32-,33+,34-,35+,36-,37-,38+,39-,40+,41+,42+,43+,44-,45-,46-,47+,48+,49-,50+,51+,52+,53-,54+,55+,56+,57-,58+,59+,60+,61+,62+/m0/s1. The lowest BCUT2D eigenvalue weighted by Gasteiger charge is -2.51. The molecule has 9 heterocycles. The molecule has 0 radical (unpaired) electrons. The largest absolute Gasteiger partial charge is 0.394 e. The molecule has 642 valence electrons. The third-order valence-corrected chi connectivity index (χ3v) is 20.3. The zero-order chi connectivity index (χ0) is 81.8. The molecular weight excluding hydrogens is 1520 g/mol. The van der Waals surface area contributed by atoms with E-state index in [9.17, 15) is 142 Å². The number of carbonyl (C=O) groups excluding carboxylic acids is 4. The van der Waals surface area contributed by atoms with Gasteiger partial charge >= 0.3 is 0 Å². The van der Waals surface area contributed by atoms with E-state index in [0.717, 1.165) is 27.7 Å². The van der Waals surface area contributed by atoms with E-state index >= 15 is 0 Å². The Morgan fingerprint density at radius 1 is 0.252 bits per heavy atom. The molecule has 28 N–H and O–H groups in total. The molecule has 0 unspecified atom stereocenters. The highest BCUT2D eigenvalue weighted by atomic mass is 16.8. The summed E-state index contributed by atoms with van der Waals surface area (Å²) < 4.78 is 101. The van der Waals surface area contributed by atoms with Gasteiger partial charge in [-0.1, -0.05) is 0 Å². The smallest absolute Gasteiger partial charge is 0.217 e. The predicted molar refractivity (Wildman–Crippen MR) is 342 cm³/mol. The Kier molecular flexibility index (Phi) is 32.6. The number of aliphatic hydroxyl groups excluding tert-OH is 24. The number of aliphatic hydroxyl groups is 24. The molecule has 0 aliphatic carbocycles. The van der Waals surface area contributed by atoms with Crippen LogP contribution in [0.4, 0.5) is 0 Å². The van der Waals surface area contributed by atoms with Gasteiger partial charge in [0, 0.05) is 27.7 Å². The maximum absolute atomic E-state index is 13.2. The van der Waals surface area contributed by atoms with Crippen molar-refractivity contribution in [2.45, 2.75) is 311 Å². The zero-order valence-electron chi connectivity index (χ0n) is 59.9. The van der Waals surface area contributed by atoms with Crippen molar-refractivity contribution in [2.75, 3.05) is 52.9 Å². The highest BCUT2D eigenvalue weighted by molar-refractivity contribution is 5.74. The van der Waals surface area contributed by atoms with Gasteiger partial charge in [0.05, 0.1) is 59.0 Å². The second-order valence-electron chi connectivity index (χ2n) is 28.2. The number of hydrogen-bond donors (Lipinski definition) is 28. The Bertz CT molecular complexity index is 2950. The van der Waals surface area contributed by atoms with E-state index in [2.05, 4.69) is 21.3 Å². The van der Waals surface area contributed by atoms with Crippen LogP contribution in [0.25, 0.3) is 0 Å². The Hall–Kier alpha value is -3.76. The number of ether oxygens (including phenoxy) is 17. The van der Waals surface area contributed by atoms with Crippen LogP contribution >= 0.6 is 0 Å². The summed E-state index contributed by atoms with van der Waals surface area (Å²) in [6, 6.07) is -7.40. The van der Waals surface area contributed by atoms with Crippen LogP contribution in [-0.2, 0) is 99.7 Å². The van der Waals surface area contributed by atoms with Gasteiger partial charge in [0.15, 0.2) is 56.6 Å². The number of hydrogen-bond acceptors (Lipinski definition) is 45. The van der Waals surface area contributed by atoms with Gasteiger partial charge in [-0.2, -0.15) is 0 Å². The summed E-state index contributed by atoms with van der Waals surface area (Å²) in [7, 11) is 0. The van der Waals surface area contributed by atoms with Crippen molar-refractivity contribution in [3.8, 4) is 0 Å². The molecule has 9 fully saturated rings. The van der Waals surface area contributed by atoms with E-state index in [1.807, 2.05) is 0 Å². The van der Waals surface area contributed by atoms with E-state index in [0.29, 0.717) is 0 Å². The first-order chi connectivity index (χ1) is 52.4. The molecular formula is C62H104N4O45. The maximum Gasteiger partial charge on any atom is 0.217 e. The summed E-state index contributed by atoms with van der Waals surface area (Å²) >= 11 is 0. The van der Waals surface area contributed by atoms with Crippen molar-refractivity contribution < 1.29 is 222 Å². The summed E-state index contributed by atoms with van der Waals surface area (Å²) in [5.74, 6) is -3.59. The van der Waals surface area contributed by atoms with Crippen molar-refractivity contribution in [1.29, 1.82) is 0 Å². The van der Waals surface area contributed by atoms with E-state index in [1.54, 1.807) is 0 Å². The highest BCUT2D eigenvalue weighted by Crippen LogP contribution is 2.40. The first-order valence-corrected chi connectivity index (χ1v) is 35.5. The van der Waals surface area contributed by atoms with E-state index < -0.39 is 353 Å². The number of amides is 4. The molecule has 9 aliphatic heterocycles. The lowest BCUT2D eigenvalue weighted by atomic mass is 9.93. The molecule has 9 saturated heterocycles. The van der Waals surface area contributed by atoms with Crippen LogP contribution in [0.3, 0.4) is 0 Å². The fourth-order valence-electron chi connectivity index (χ4n) is 14.3. The van der Waals surface area contributed by atoms with Crippen molar-refractivity contribution in [3.63, 3.8) is 0 Å². The van der Waals surface area contributed by atoms with Gasteiger partial charge in [0.2, 0.25) is 23.6 Å². The van der Waals surface area contributed by atoms with Crippen LogP contribution in [0, 0.1) is 0 Å². The molecule has 49 nitrogen and oxygen atoms in total. The highest BCUT2D eigenvalue weighted by Gasteiger charge is 2.61. The number of rotatable bonds is 28. The first-order valence-electron chi connectivity index (χ1n) is 35.5. The summed E-state index contributed by atoms with van der Waals surface area (Å²) in [5, 5.41) is 276. The van der Waals surface area contributed by atoms with Crippen LogP contribution in [-0.4, -0.2) is 475 Å². The lowest BCUT2D eigenvalue weighted by Crippen LogP contribution is -2.71. The third-order valence-electron chi connectivity index (χ3n) is 20.3. The Morgan fingerprint density at radius 3 is 1.03 bits per heavy atom. The molecule has 0 bridgehead atoms. The van der Waals surface area contributed by atoms with Crippen LogP contribution < -0.4 is 21.3 Å². The summed E-state index contributed by atoms with van der Waals surface area (Å²) in [5.41, 5.74) is 0. The van der Waals surface area contributed by atoms with Gasteiger partial charge in [-0.05, 0) is 6.92 Å². The molecule has 9 aliphatic rings. The molecule has 0 aromatic heterocycles. The minimum Gasteiger partial charge on any atom is -0.394 e. The Morgan fingerprint density at radius 2 is 0.559 bits per heavy atom. The molecule has 4 amide bonds. The van der Waals surface area contributed by atoms with Crippen LogP contribution in [0.1, 0.15) is 34.6 Å². The average molecular weight is 1630 g/mol. The van der Waals surface area contributed by atoms with Gasteiger partial charge in [-0.25, -0.2) is 0 Å². The summed E-state index contributed by atoms with van der Waals surface area (Å²) in [6.45, 7) is -3.36. The fourth-order valence-corrected chi connectivity index (χ4v) is 14.3. The predicted octanol–water partition coefficient (Wildman–Crippen LogP) is -19.0. The minimum atomic E-state index is -2.57. The number of nitrogens with one attached hydrogen (secondary N) is 4. The van der Waals surface area contributed by atoms with Crippen molar-refractivity contribution in [1.82, 2.24) is 21.3 Å². The number of carbonyl (C=O) groups is 4. The van der Waals surface area contributed by atoms with Crippen molar-refractivity contribution >= 4 is 23.6 Å². The summed E-state index contributed by atoms with van der Waals surface area (Å²) in [4.78, 5) is 50.9. The van der Waals surface area contributed by atoms with Gasteiger partial charge in [0.25, 0.3) is 0 Å². The average Bonchev–Trinajstić information content (AvgIpc) is 0.770. The van der Waals surface area contributed by atoms with Crippen molar-refractivity contribution in [2.24, 2.45) is 0 Å². The lowest BCUT2D eigenvalue weighted by molar-refractivity contribution is -0.398. The molecule has 49 heteroatoms. The minimum absolute atomic E-state index is 0.828. The van der Waals surface area contributed by atoms with Crippen LogP contribution in [0.15, 0.2) is 0 Å². The maximum atomic E-state index is 13.2. The second kappa shape index (κ2) is 39.7. The van der Waals surface area contributed by atoms with Crippen molar-refractivity contribution in [3.05, 3.63) is 0 Å². The molecule has 0 spiro atoms. The first kappa shape index (κ1) is 91.1. The Balaban J connectivity index is 1.05. The molecule has 0 aromatic carbocycles. The van der Waals surface area contributed by atoms with Crippen LogP contribution in [0.5, 0.6) is 0 Å². The van der Waals surface area contributed by atoms with Gasteiger partial charge in [-0.3, -0.25) is 19.2 Å². The topological polar surface area (TPSA) is 759 Å². The second-order valence-corrected chi connectivity index (χ2v) is 28.2. The SMILES string of the molecule is CC(=O)N[C@@H]1[C@@H](O[C@H]2[C@H](OC[C@@H]3O[C@H](O[C@@H]4[C@@H](O)[C@H](NC(C)=O)[C@@H](O[C@H]5[C@H](O)[C@@H](NC(C)=O)[C@H](O)O[C@@H]5CO[C@@H]5O[C@@H](C)[C@@H](O)[C@@H](O)[C@@H]5O)O[C@H]4CO)[C@H](O)[C@H](O[C@H]4O[C@H](CO)[C@@H](O)[C@H](O)[C@@H]4O[C@@H]4O[C@H](CO)[C@@H](O[C@H]5O[C@@H](CO)[C@@H](O)[C@@H](O)[C@@H]5O)[C@H](O)[C@H]4NC(C)=O)[C@H]3O)O[C@@H](CO)[C@H](O)[C@H]2O)O[C@@H](CO)[C@H](O)[C@H]1O. The normalized spacial score (nSPS) is 49.3. The van der Waals surface area contributed by atoms with Crippen LogP contribution in [0.2, 0.25) is 0 Å². The van der Waals surface area contributed by atoms with Gasteiger partial charge < -0.3 is 224 Å².